The number of pyridine rings is 1. The zero-order valence-corrected chi connectivity index (χ0v) is 28.0. The molecule has 3 aromatic carbocycles. The van der Waals surface area contributed by atoms with Crippen LogP contribution in [0.2, 0.25) is 5.02 Å². The van der Waals surface area contributed by atoms with Crippen LogP contribution in [-0.2, 0) is 24.6 Å². The summed E-state index contributed by atoms with van der Waals surface area (Å²) >= 11 is 6.83. The number of nitrogens with zero attached hydrogens (tertiary/aromatic N) is 4. The van der Waals surface area contributed by atoms with E-state index < -0.39 is 0 Å². The first kappa shape index (κ1) is 34.4. The van der Waals surface area contributed by atoms with E-state index >= 15 is 0 Å². The van der Waals surface area contributed by atoms with Crippen molar-refractivity contribution < 1.29 is 24.2 Å². The number of halogens is 1. The number of aromatic nitrogens is 1. The number of ether oxygens (including phenoxy) is 2. The highest BCUT2D eigenvalue weighted by Gasteiger charge is 2.27. The lowest BCUT2D eigenvalue weighted by molar-refractivity contribution is -0.122. The Kier molecular flexibility index (Phi) is 11.7. The smallest absolute Gasteiger partial charge is 0.290 e. The van der Waals surface area contributed by atoms with Gasteiger partial charge >= 0.3 is 0 Å². The van der Waals surface area contributed by atoms with Gasteiger partial charge in [0.05, 0.1) is 10.6 Å². The van der Waals surface area contributed by atoms with Gasteiger partial charge in [-0.1, -0.05) is 48.4 Å². The minimum atomic E-state index is -0.250. The third-order valence-electron chi connectivity index (χ3n) is 8.69. The van der Waals surface area contributed by atoms with Gasteiger partial charge in [0.15, 0.2) is 0 Å². The molecule has 48 heavy (non-hydrogen) atoms. The molecular weight excluding hydrogens is 628 g/mol. The van der Waals surface area contributed by atoms with Gasteiger partial charge in [-0.2, -0.15) is 5.26 Å². The van der Waals surface area contributed by atoms with Crippen molar-refractivity contribution in [1.29, 1.82) is 5.26 Å². The number of carboxylic acid groups (broad SMARTS) is 1. The first-order chi connectivity index (χ1) is 23.3. The van der Waals surface area contributed by atoms with Crippen LogP contribution in [0, 0.1) is 25.2 Å². The maximum absolute atomic E-state index is 12.8. The van der Waals surface area contributed by atoms with Crippen molar-refractivity contribution in [3.63, 3.8) is 0 Å². The Labute approximate surface area is 286 Å². The SMILES string of the molecule is Cc1c(COc2cc(OCc3cncc(C#N)c3)c(CN3CCCCC3)cc2Cl)cccc1-c1cccc(C(=O)N2CC2)c1C.O=CO. The second-order valence-corrected chi connectivity index (χ2v) is 12.4. The standard InChI is InChI=1S/C37H37ClN4O3.CH2O2/c1-25-29(8-6-9-31(25)32-10-7-11-33(26(32)2)37(43)42-14-15-42)24-45-36-18-35(44-23-28-16-27(19-39)20-40-21-28)30(17-34(36)38)22-41-12-4-3-5-13-41;2-1-3/h6-11,16-18,20-21H,3-5,12-15,22-24H2,1-2H3;1H,(H,2,3). The number of amides is 1. The van der Waals surface area contributed by atoms with Crippen molar-refractivity contribution in [3.8, 4) is 28.7 Å². The molecule has 10 heteroatoms. The van der Waals surface area contributed by atoms with Gasteiger partial charge in [0.1, 0.15) is 30.8 Å². The normalized spacial score (nSPS) is 13.9. The lowest BCUT2D eigenvalue weighted by Crippen LogP contribution is -2.29. The summed E-state index contributed by atoms with van der Waals surface area (Å²) in [5.41, 5.74) is 8.31. The van der Waals surface area contributed by atoms with E-state index in [1.165, 1.54) is 19.3 Å². The molecular formula is C38H39ClN4O5. The number of hydrogen-bond donors (Lipinski definition) is 1. The molecule has 2 fully saturated rings. The molecule has 248 valence electrons. The van der Waals surface area contributed by atoms with Crippen LogP contribution >= 0.6 is 11.6 Å². The molecule has 0 saturated carbocycles. The third kappa shape index (κ3) is 8.51. The lowest BCUT2D eigenvalue weighted by Gasteiger charge is -2.27. The number of piperidine rings is 1. The van der Waals surface area contributed by atoms with Crippen LogP contribution in [0.15, 0.2) is 67.0 Å². The molecule has 0 bridgehead atoms. The maximum Gasteiger partial charge on any atom is 0.290 e. The van der Waals surface area contributed by atoms with Crippen LogP contribution in [0.5, 0.6) is 11.5 Å². The Balaban J connectivity index is 0.00000145. The number of hydrogen-bond acceptors (Lipinski definition) is 7. The summed E-state index contributed by atoms with van der Waals surface area (Å²) in [6.45, 7) is 8.96. The molecule has 0 atom stereocenters. The molecule has 1 N–H and O–H groups in total. The molecule has 0 radical (unpaired) electrons. The highest BCUT2D eigenvalue weighted by molar-refractivity contribution is 6.32. The Morgan fingerprint density at radius 2 is 1.60 bits per heavy atom. The number of nitriles is 1. The summed E-state index contributed by atoms with van der Waals surface area (Å²) in [4.78, 5) is 29.7. The molecule has 6 rings (SSSR count). The second-order valence-electron chi connectivity index (χ2n) is 12.0. The largest absolute Gasteiger partial charge is 0.488 e. The Bertz CT molecular complexity index is 1810. The van der Waals surface area contributed by atoms with Gasteiger partial charge in [-0.3, -0.25) is 19.5 Å². The molecule has 1 amide bonds. The molecule has 4 aromatic rings. The molecule has 2 aliphatic rings. The Hall–Kier alpha value is -4.91. The molecule has 1 aromatic heterocycles. The van der Waals surface area contributed by atoms with Crippen LogP contribution in [0.1, 0.15) is 63.0 Å². The summed E-state index contributed by atoms with van der Waals surface area (Å²) in [5, 5.41) is 16.7. The molecule has 0 unspecified atom stereocenters. The Morgan fingerprint density at radius 3 is 2.31 bits per heavy atom. The number of carbonyl (C=O) groups excluding carboxylic acids is 1. The van der Waals surface area contributed by atoms with Crippen molar-refractivity contribution >= 4 is 24.0 Å². The van der Waals surface area contributed by atoms with E-state index in [4.69, 9.17) is 31.0 Å². The third-order valence-corrected chi connectivity index (χ3v) is 8.99. The van der Waals surface area contributed by atoms with E-state index in [9.17, 15) is 10.1 Å². The van der Waals surface area contributed by atoms with E-state index in [1.54, 1.807) is 18.5 Å². The number of likely N-dealkylation sites (tertiary alicyclic amines) is 1. The molecule has 3 heterocycles. The van der Waals surface area contributed by atoms with Crippen LogP contribution in [0.3, 0.4) is 0 Å². The summed E-state index contributed by atoms with van der Waals surface area (Å²) < 4.78 is 12.7. The average molecular weight is 667 g/mol. The Morgan fingerprint density at radius 1 is 0.917 bits per heavy atom. The number of rotatable bonds is 10. The van der Waals surface area contributed by atoms with Crippen LogP contribution < -0.4 is 9.47 Å². The predicted octanol–water partition coefficient (Wildman–Crippen LogP) is 7.19. The number of benzene rings is 3. The number of carbonyl (C=O) groups is 2. The summed E-state index contributed by atoms with van der Waals surface area (Å²) in [7, 11) is 0. The van der Waals surface area contributed by atoms with Gasteiger partial charge in [-0.05, 0) is 85.8 Å². The minimum absolute atomic E-state index is 0.0944. The zero-order valence-electron chi connectivity index (χ0n) is 27.2. The molecule has 0 spiro atoms. The fourth-order valence-electron chi connectivity index (χ4n) is 5.96. The lowest BCUT2D eigenvalue weighted by atomic mass is 9.91. The van der Waals surface area contributed by atoms with Crippen molar-refractivity contribution in [2.75, 3.05) is 26.2 Å². The summed E-state index contributed by atoms with van der Waals surface area (Å²) in [6.07, 6.45) is 6.90. The molecule has 2 aliphatic heterocycles. The van der Waals surface area contributed by atoms with Crippen LogP contribution in [0.25, 0.3) is 11.1 Å². The zero-order chi connectivity index (χ0) is 34.0. The van der Waals surface area contributed by atoms with Crippen LogP contribution in [0.4, 0.5) is 0 Å². The first-order valence-electron chi connectivity index (χ1n) is 16.0. The van der Waals surface area contributed by atoms with Crippen molar-refractivity contribution in [3.05, 3.63) is 111 Å². The van der Waals surface area contributed by atoms with Gasteiger partial charge < -0.3 is 19.5 Å². The quantitative estimate of drug-likeness (QED) is 0.140. The van der Waals surface area contributed by atoms with Gasteiger partial charge in [-0.15, -0.1) is 0 Å². The summed E-state index contributed by atoms with van der Waals surface area (Å²) in [5.74, 6) is 1.35. The summed E-state index contributed by atoms with van der Waals surface area (Å²) in [6, 6.07) is 19.9. The van der Waals surface area contributed by atoms with Crippen LogP contribution in [-0.4, -0.2) is 58.4 Å². The molecule has 2 saturated heterocycles. The van der Waals surface area contributed by atoms with Gasteiger partial charge in [0, 0.05) is 54.8 Å². The van der Waals surface area contributed by atoms with E-state index in [0.717, 1.165) is 77.2 Å². The van der Waals surface area contributed by atoms with E-state index in [-0.39, 0.29) is 19.0 Å². The van der Waals surface area contributed by atoms with Crippen molar-refractivity contribution in [2.45, 2.75) is 52.9 Å². The van der Waals surface area contributed by atoms with Gasteiger partial charge in [-0.25, -0.2) is 0 Å². The topological polar surface area (TPSA) is 116 Å². The predicted molar refractivity (Wildman–Crippen MR) is 184 cm³/mol. The fourth-order valence-corrected chi connectivity index (χ4v) is 6.20. The van der Waals surface area contributed by atoms with E-state index in [1.807, 2.05) is 42.2 Å². The first-order valence-corrected chi connectivity index (χ1v) is 16.4. The maximum atomic E-state index is 12.8. The second kappa shape index (κ2) is 16.3. The van der Waals surface area contributed by atoms with Crippen molar-refractivity contribution in [1.82, 2.24) is 14.8 Å². The van der Waals surface area contributed by atoms with Crippen molar-refractivity contribution in [2.24, 2.45) is 0 Å². The molecule has 0 aliphatic carbocycles. The van der Waals surface area contributed by atoms with E-state index in [0.29, 0.717) is 28.7 Å². The average Bonchev–Trinajstić information content (AvgIpc) is 3.95. The van der Waals surface area contributed by atoms with E-state index in [2.05, 4.69) is 41.1 Å². The molecule has 9 nitrogen and oxygen atoms in total. The highest BCUT2D eigenvalue weighted by Crippen LogP contribution is 2.36. The monoisotopic (exact) mass is 666 g/mol. The fraction of sp³-hybridized carbons (Fsp3) is 0.316. The highest BCUT2D eigenvalue weighted by atomic mass is 35.5. The van der Waals surface area contributed by atoms with Gasteiger partial charge in [0.2, 0.25) is 0 Å². The minimum Gasteiger partial charge on any atom is -0.488 e. The van der Waals surface area contributed by atoms with Gasteiger partial charge in [0.25, 0.3) is 12.4 Å².